The number of ether oxygens (including phenoxy) is 1. The Labute approximate surface area is 171 Å². The summed E-state index contributed by atoms with van der Waals surface area (Å²) in [6.07, 6.45) is 0. The highest BCUT2D eigenvalue weighted by Crippen LogP contribution is 2.36. The van der Waals surface area contributed by atoms with Crippen LogP contribution in [0, 0.1) is 0 Å². The maximum atomic E-state index is 13.5. The lowest BCUT2D eigenvalue weighted by Crippen LogP contribution is -2.46. The van der Waals surface area contributed by atoms with Crippen molar-refractivity contribution in [1.29, 1.82) is 0 Å². The molecule has 6 heteroatoms. The number of carbonyl (C=O) groups is 2. The third kappa shape index (κ3) is 3.63. The Balaban J connectivity index is 1.77. The molecule has 2 heterocycles. The van der Waals surface area contributed by atoms with Crippen LogP contribution in [0.25, 0.3) is 5.57 Å². The molecule has 150 valence electrons. The van der Waals surface area contributed by atoms with Crippen LogP contribution in [0.3, 0.4) is 0 Å². The summed E-state index contributed by atoms with van der Waals surface area (Å²) in [5.74, 6) is 0.0794. The van der Waals surface area contributed by atoms with Gasteiger partial charge in [0.15, 0.2) is 0 Å². The van der Waals surface area contributed by atoms with Crippen LogP contribution in [0.2, 0.25) is 0 Å². The van der Waals surface area contributed by atoms with Crippen molar-refractivity contribution in [2.75, 3.05) is 44.7 Å². The molecule has 2 amide bonds. The molecule has 1 saturated heterocycles. The standard InChI is InChI=1S/C23H25N3O3/c1-3-29-19-11-7-10-18(16-19)26-22(27)20(17-8-5-4-6-9-17)21(23(26)28)25-14-12-24(2)13-15-25/h4-11,16H,3,12-15H2,1-2H3. The number of nitrogens with zero attached hydrogens (tertiary/aromatic N) is 3. The summed E-state index contributed by atoms with van der Waals surface area (Å²) < 4.78 is 5.56. The smallest absolute Gasteiger partial charge is 0.282 e. The Kier molecular flexibility index (Phi) is 5.36. The molecule has 0 unspecified atom stereocenters. The molecule has 29 heavy (non-hydrogen) atoms. The predicted molar refractivity (Wildman–Crippen MR) is 113 cm³/mol. The van der Waals surface area contributed by atoms with Crippen molar-refractivity contribution in [3.8, 4) is 5.75 Å². The highest BCUT2D eigenvalue weighted by Gasteiger charge is 2.42. The molecule has 4 rings (SSSR count). The maximum Gasteiger partial charge on any atom is 0.282 e. The Hall–Kier alpha value is -3.12. The third-order valence-electron chi connectivity index (χ3n) is 5.33. The molecular formula is C23H25N3O3. The van der Waals surface area contributed by atoms with E-state index in [1.54, 1.807) is 18.2 Å². The molecule has 6 nitrogen and oxygen atoms in total. The summed E-state index contributed by atoms with van der Waals surface area (Å²) in [7, 11) is 2.07. The first-order chi connectivity index (χ1) is 14.1. The molecule has 2 aliphatic rings. The fourth-order valence-corrected chi connectivity index (χ4v) is 3.82. The van der Waals surface area contributed by atoms with E-state index < -0.39 is 0 Å². The van der Waals surface area contributed by atoms with Gasteiger partial charge in [0.1, 0.15) is 11.4 Å². The van der Waals surface area contributed by atoms with Gasteiger partial charge in [0.2, 0.25) is 0 Å². The second-order valence-corrected chi connectivity index (χ2v) is 7.26. The summed E-state index contributed by atoms with van der Waals surface area (Å²) in [5.41, 5.74) is 2.27. The third-order valence-corrected chi connectivity index (χ3v) is 5.33. The van der Waals surface area contributed by atoms with Gasteiger partial charge in [-0.25, -0.2) is 4.90 Å². The molecule has 0 N–H and O–H groups in total. The summed E-state index contributed by atoms with van der Waals surface area (Å²) in [6, 6.07) is 16.6. The van der Waals surface area contributed by atoms with Crippen LogP contribution in [0.15, 0.2) is 60.3 Å². The van der Waals surface area contributed by atoms with Gasteiger partial charge in [-0.2, -0.15) is 0 Å². The van der Waals surface area contributed by atoms with Crippen molar-refractivity contribution in [2.24, 2.45) is 0 Å². The maximum absolute atomic E-state index is 13.5. The number of carbonyl (C=O) groups excluding carboxylic acids is 2. The summed E-state index contributed by atoms with van der Waals surface area (Å²) >= 11 is 0. The van der Waals surface area contributed by atoms with E-state index in [-0.39, 0.29) is 11.8 Å². The van der Waals surface area contributed by atoms with Gasteiger partial charge in [0, 0.05) is 32.2 Å². The van der Waals surface area contributed by atoms with Gasteiger partial charge in [0.25, 0.3) is 11.8 Å². The van der Waals surface area contributed by atoms with Crippen molar-refractivity contribution < 1.29 is 14.3 Å². The summed E-state index contributed by atoms with van der Waals surface area (Å²) in [4.78, 5) is 32.5. The monoisotopic (exact) mass is 391 g/mol. The first-order valence-corrected chi connectivity index (χ1v) is 9.95. The first kappa shape index (κ1) is 19.2. The second kappa shape index (κ2) is 8.09. The van der Waals surface area contributed by atoms with Gasteiger partial charge in [-0.05, 0) is 31.7 Å². The minimum Gasteiger partial charge on any atom is -0.494 e. The normalized spacial score (nSPS) is 18.0. The molecule has 1 fully saturated rings. The number of amides is 2. The molecule has 0 bridgehead atoms. The number of benzene rings is 2. The Morgan fingerprint density at radius 2 is 1.62 bits per heavy atom. The number of imide groups is 1. The van der Waals surface area contributed by atoms with Crippen molar-refractivity contribution in [3.63, 3.8) is 0 Å². The summed E-state index contributed by atoms with van der Waals surface area (Å²) in [6.45, 7) is 5.56. The Morgan fingerprint density at radius 1 is 0.897 bits per heavy atom. The van der Waals surface area contributed by atoms with Gasteiger partial charge < -0.3 is 14.5 Å². The topological polar surface area (TPSA) is 53.1 Å². The molecule has 0 saturated carbocycles. The molecule has 0 aromatic heterocycles. The van der Waals surface area contributed by atoms with Crippen LogP contribution in [0.4, 0.5) is 5.69 Å². The van der Waals surface area contributed by atoms with Crippen LogP contribution < -0.4 is 9.64 Å². The van der Waals surface area contributed by atoms with Crippen LogP contribution >= 0.6 is 0 Å². The number of piperazine rings is 1. The van der Waals surface area contributed by atoms with E-state index in [1.807, 2.05) is 43.3 Å². The average Bonchev–Trinajstić information content (AvgIpc) is 3.00. The zero-order valence-corrected chi connectivity index (χ0v) is 16.8. The largest absolute Gasteiger partial charge is 0.494 e. The van der Waals surface area contributed by atoms with Crippen molar-refractivity contribution in [3.05, 3.63) is 65.9 Å². The fourth-order valence-electron chi connectivity index (χ4n) is 3.82. The van der Waals surface area contributed by atoms with E-state index in [2.05, 4.69) is 16.8 Å². The van der Waals surface area contributed by atoms with Gasteiger partial charge >= 0.3 is 0 Å². The molecular weight excluding hydrogens is 366 g/mol. The fraction of sp³-hybridized carbons (Fsp3) is 0.304. The minimum atomic E-state index is -0.288. The SMILES string of the molecule is CCOc1cccc(N2C(=O)C(c3ccccc3)=C(N3CCN(C)CC3)C2=O)c1. The molecule has 2 aromatic carbocycles. The number of hydrogen-bond acceptors (Lipinski definition) is 5. The molecule has 2 aliphatic heterocycles. The predicted octanol–water partition coefficient (Wildman–Crippen LogP) is 2.62. The molecule has 0 atom stereocenters. The van der Waals surface area contributed by atoms with Gasteiger partial charge in [-0.1, -0.05) is 36.4 Å². The lowest BCUT2D eigenvalue weighted by molar-refractivity contribution is -0.120. The van der Waals surface area contributed by atoms with Crippen LogP contribution in [0.5, 0.6) is 5.75 Å². The van der Waals surface area contributed by atoms with Gasteiger partial charge in [-0.3, -0.25) is 9.59 Å². The van der Waals surface area contributed by atoms with E-state index in [1.165, 1.54) is 4.90 Å². The van der Waals surface area contributed by atoms with E-state index in [9.17, 15) is 9.59 Å². The number of rotatable bonds is 5. The summed E-state index contributed by atoms with van der Waals surface area (Å²) in [5, 5.41) is 0. The van der Waals surface area contributed by atoms with E-state index in [0.29, 0.717) is 42.4 Å². The van der Waals surface area contributed by atoms with E-state index >= 15 is 0 Å². The first-order valence-electron chi connectivity index (χ1n) is 9.95. The highest BCUT2D eigenvalue weighted by molar-refractivity contribution is 6.45. The van der Waals surface area contributed by atoms with E-state index in [0.717, 1.165) is 18.7 Å². The average molecular weight is 391 g/mol. The van der Waals surface area contributed by atoms with Crippen LogP contribution in [0.1, 0.15) is 12.5 Å². The van der Waals surface area contributed by atoms with Crippen LogP contribution in [-0.4, -0.2) is 61.4 Å². The van der Waals surface area contributed by atoms with Crippen molar-refractivity contribution >= 4 is 23.1 Å². The molecule has 2 aromatic rings. The van der Waals surface area contributed by atoms with Crippen molar-refractivity contribution in [2.45, 2.75) is 6.92 Å². The lowest BCUT2D eigenvalue weighted by atomic mass is 10.0. The van der Waals surface area contributed by atoms with Crippen LogP contribution in [-0.2, 0) is 9.59 Å². The minimum absolute atomic E-state index is 0.271. The Bertz CT molecular complexity index is 947. The number of likely N-dealkylation sites (N-methyl/N-ethyl adjacent to an activating group) is 1. The highest BCUT2D eigenvalue weighted by atomic mass is 16.5. The number of hydrogen-bond donors (Lipinski definition) is 0. The number of anilines is 1. The second-order valence-electron chi connectivity index (χ2n) is 7.26. The van der Waals surface area contributed by atoms with Gasteiger partial charge in [0.05, 0.1) is 17.9 Å². The zero-order valence-electron chi connectivity index (χ0n) is 16.8. The van der Waals surface area contributed by atoms with E-state index in [4.69, 9.17) is 4.74 Å². The lowest BCUT2D eigenvalue weighted by Gasteiger charge is -2.34. The molecule has 0 radical (unpaired) electrons. The quantitative estimate of drug-likeness (QED) is 0.734. The zero-order chi connectivity index (χ0) is 20.4. The molecule has 0 aliphatic carbocycles. The van der Waals surface area contributed by atoms with Crippen molar-refractivity contribution in [1.82, 2.24) is 9.80 Å². The van der Waals surface area contributed by atoms with Gasteiger partial charge in [-0.15, -0.1) is 0 Å². The molecule has 0 spiro atoms. The Morgan fingerprint density at radius 3 is 2.31 bits per heavy atom.